The van der Waals surface area contributed by atoms with E-state index in [1.54, 1.807) is 0 Å². The zero-order valence-corrected chi connectivity index (χ0v) is 11.1. The van der Waals surface area contributed by atoms with Crippen LogP contribution in [0.3, 0.4) is 0 Å². The summed E-state index contributed by atoms with van der Waals surface area (Å²) < 4.78 is 0. The number of hydrogen-bond donors (Lipinski definition) is 1. The van der Waals surface area contributed by atoms with Gasteiger partial charge in [0.1, 0.15) is 0 Å². The van der Waals surface area contributed by atoms with Gasteiger partial charge in [0.2, 0.25) is 0 Å². The molecule has 1 aromatic heterocycles. The topological polar surface area (TPSA) is 12.0 Å². The van der Waals surface area contributed by atoms with Crippen LogP contribution in [0, 0.1) is 12.3 Å². The average Bonchev–Trinajstić information content (AvgIpc) is 2.86. The Kier molecular flexibility index (Phi) is 4.63. The van der Waals surface area contributed by atoms with E-state index in [0.717, 1.165) is 6.54 Å². The summed E-state index contributed by atoms with van der Waals surface area (Å²) in [4.78, 5) is 1.50. The van der Waals surface area contributed by atoms with E-state index in [1.165, 1.54) is 36.2 Å². The van der Waals surface area contributed by atoms with Crippen molar-refractivity contribution in [1.29, 1.82) is 0 Å². The second kappa shape index (κ2) is 5.33. The molecule has 0 aromatic carbocycles. The highest BCUT2D eigenvalue weighted by Crippen LogP contribution is 2.47. The van der Waals surface area contributed by atoms with Crippen LogP contribution in [0.1, 0.15) is 36.6 Å². The summed E-state index contributed by atoms with van der Waals surface area (Å²) in [6.07, 6.45) is 4.20. The fourth-order valence-corrected chi connectivity index (χ4v) is 2.73. The first kappa shape index (κ1) is 13.0. The SMILES string of the molecule is CCC1(CNCc2sccc2C)CC1.Cl. The van der Waals surface area contributed by atoms with Crippen LogP contribution in [0.15, 0.2) is 11.4 Å². The van der Waals surface area contributed by atoms with Gasteiger partial charge in [0, 0.05) is 18.0 Å². The van der Waals surface area contributed by atoms with E-state index in [2.05, 4.69) is 30.6 Å². The number of aryl methyl sites for hydroxylation is 1. The number of nitrogens with one attached hydrogen (secondary N) is 1. The largest absolute Gasteiger partial charge is 0.311 e. The highest BCUT2D eigenvalue weighted by Gasteiger charge is 2.39. The minimum Gasteiger partial charge on any atom is -0.311 e. The predicted octanol–water partition coefficient (Wildman–Crippen LogP) is 3.76. The summed E-state index contributed by atoms with van der Waals surface area (Å²) in [7, 11) is 0. The Hall–Kier alpha value is -0.0500. The van der Waals surface area contributed by atoms with Gasteiger partial charge in [-0.1, -0.05) is 6.92 Å². The Balaban J connectivity index is 0.00000112. The summed E-state index contributed by atoms with van der Waals surface area (Å²) in [5, 5.41) is 5.77. The highest BCUT2D eigenvalue weighted by molar-refractivity contribution is 7.10. The van der Waals surface area contributed by atoms with Gasteiger partial charge in [-0.2, -0.15) is 0 Å². The first-order valence-electron chi connectivity index (χ1n) is 5.49. The van der Waals surface area contributed by atoms with Crippen LogP contribution < -0.4 is 5.32 Å². The molecule has 1 N–H and O–H groups in total. The Morgan fingerprint density at radius 1 is 1.47 bits per heavy atom. The first-order chi connectivity index (χ1) is 6.76. The van der Waals surface area contributed by atoms with E-state index >= 15 is 0 Å². The minimum atomic E-state index is 0. The third-order valence-electron chi connectivity index (χ3n) is 3.46. The summed E-state index contributed by atoms with van der Waals surface area (Å²) in [6, 6.07) is 2.20. The lowest BCUT2D eigenvalue weighted by Gasteiger charge is -2.12. The van der Waals surface area contributed by atoms with Gasteiger partial charge in [0.15, 0.2) is 0 Å². The van der Waals surface area contributed by atoms with E-state index < -0.39 is 0 Å². The molecule has 1 saturated carbocycles. The molecule has 1 aliphatic rings. The van der Waals surface area contributed by atoms with Gasteiger partial charge in [-0.05, 0) is 48.6 Å². The van der Waals surface area contributed by atoms with Crippen molar-refractivity contribution >= 4 is 23.7 Å². The van der Waals surface area contributed by atoms with Crippen LogP contribution in [0.4, 0.5) is 0 Å². The molecule has 86 valence electrons. The van der Waals surface area contributed by atoms with Crippen molar-refractivity contribution in [3.63, 3.8) is 0 Å². The molecule has 0 saturated heterocycles. The Bertz CT molecular complexity index is 304. The molecule has 1 fully saturated rings. The molecule has 0 unspecified atom stereocenters. The van der Waals surface area contributed by atoms with Crippen molar-refractivity contribution < 1.29 is 0 Å². The molecule has 1 nitrogen and oxygen atoms in total. The van der Waals surface area contributed by atoms with E-state index in [1.807, 2.05) is 11.3 Å². The smallest absolute Gasteiger partial charge is 0.0302 e. The minimum absolute atomic E-state index is 0. The van der Waals surface area contributed by atoms with Crippen molar-refractivity contribution in [2.75, 3.05) is 6.54 Å². The van der Waals surface area contributed by atoms with Crippen molar-refractivity contribution in [2.45, 2.75) is 39.7 Å². The molecule has 0 amide bonds. The van der Waals surface area contributed by atoms with Crippen LogP contribution in [0.2, 0.25) is 0 Å². The van der Waals surface area contributed by atoms with Crippen molar-refractivity contribution in [3.05, 3.63) is 21.9 Å². The van der Waals surface area contributed by atoms with Crippen LogP contribution in [-0.2, 0) is 6.54 Å². The van der Waals surface area contributed by atoms with Crippen LogP contribution in [0.25, 0.3) is 0 Å². The molecule has 3 heteroatoms. The fraction of sp³-hybridized carbons (Fsp3) is 0.667. The van der Waals surface area contributed by atoms with Gasteiger partial charge in [-0.3, -0.25) is 0 Å². The summed E-state index contributed by atoms with van der Waals surface area (Å²) in [6.45, 7) is 6.78. The zero-order valence-electron chi connectivity index (χ0n) is 9.51. The second-order valence-electron chi connectivity index (χ2n) is 4.48. The van der Waals surface area contributed by atoms with E-state index in [-0.39, 0.29) is 12.4 Å². The molecule has 0 bridgehead atoms. The van der Waals surface area contributed by atoms with Gasteiger partial charge < -0.3 is 5.32 Å². The van der Waals surface area contributed by atoms with Crippen molar-refractivity contribution in [2.24, 2.45) is 5.41 Å². The van der Waals surface area contributed by atoms with E-state index in [9.17, 15) is 0 Å². The molecule has 2 rings (SSSR count). The lowest BCUT2D eigenvalue weighted by molar-refractivity contribution is 0.444. The lowest BCUT2D eigenvalue weighted by Crippen LogP contribution is -2.22. The molecule has 15 heavy (non-hydrogen) atoms. The Morgan fingerprint density at radius 2 is 2.20 bits per heavy atom. The standard InChI is InChI=1S/C12H19NS.ClH/c1-3-12(5-6-12)9-13-8-11-10(2)4-7-14-11;/h4,7,13H,3,5-6,8-9H2,1-2H3;1H. The van der Waals surface area contributed by atoms with Crippen LogP contribution in [-0.4, -0.2) is 6.54 Å². The van der Waals surface area contributed by atoms with Gasteiger partial charge in [-0.15, -0.1) is 23.7 Å². The van der Waals surface area contributed by atoms with Gasteiger partial charge in [0.25, 0.3) is 0 Å². The summed E-state index contributed by atoms with van der Waals surface area (Å²) in [5.41, 5.74) is 2.11. The van der Waals surface area contributed by atoms with Gasteiger partial charge in [-0.25, -0.2) is 0 Å². The average molecular weight is 246 g/mol. The molecule has 0 radical (unpaired) electrons. The van der Waals surface area contributed by atoms with Crippen molar-refractivity contribution in [3.8, 4) is 0 Å². The van der Waals surface area contributed by atoms with Crippen LogP contribution >= 0.6 is 23.7 Å². The molecule has 1 heterocycles. The molecular weight excluding hydrogens is 226 g/mol. The van der Waals surface area contributed by atoms with Crippen molar-refractivity contribution in [1.82, 2.24) is 5.32 Å². The molecule has 0 atom stereocenters. The number of rotatable bonds is 5. The maximum atomic E-state index is 3.59. The second-order valence-corrected chi connectivity index (χ2v) is 5.48. The maximum Gasteiger partial charge on any atom is 0.0302 e. The summed E-state index contributed by atoms with van der Waals surface area (Å²) in [5.74, 6) is 0. The number of halogens is 1. The van der Waals surface area contributed by atoms with Crippen LogP contribution in [0.5, 0.6) is 0 Å². The van der Waals surface area contributed by atoms with Gasteiger partial charge in [0.05, 0.1) is 0 Å². The third-order valence-corrected chi connectivity index (χ3v) is 4.48. The molecule has 1 aromatic rings. The lowest BCUT2D eigenvalue weighted by atomic mass is 10.0. The van der Waals surface area contributed by atoms with Gasteiger partial charge >= 0.3 is 0 Å². The fourth-order valence-electron chi connectivity index (χ4n) is 1.86. The molecule has 0 aliphatic heterocycles. The molecule has 0 spiro atoms. The molecular formula is C12H20ClNS. The highest BCUT2D eigenvalue weighted by atomic mass is 35.5. The quantitative estimate of drug-likeness (QED) is 0.833. The maximum absolute atomic E-state index is 3.59. The van der Waals surface area contributed by atoms with E-state index in [0.29, 0.717) is 5.41 Å². The number of thiophene rings is 1. The third kappa shape index (κ3) is 3.20. The predicted molar refractivity (Wildman–Crippen MR) is 70.0 cm³/mol. The Morgan fingerprint density at radius 3 is 2.67 bits per heavy atom. The number of hydrogen-bond acceptors (Lipinski definition) is 2. The Labute approximate surface area is 103 Å². The first-order valence-corrected chi connectivity index (χ1v) is 6.37. The zero-order chi connectivity index (χ0) is 10.0. The molecule has 1 aliphatic carbocycles. The normalized spacial score (nSPS) is 17.2. The summed E-state index contributed by atoms with van der Waals surface area (Å²) >= 11 is 1.87. The van der Waals surface area contributed by atoms with E-state index in [4.69, 9.17) is 0 Å². The monoisotopic (exact) mass is 245 g/mol.